The van der Waals surface area contributed by atoms with Crippen LogP contribution in [0.3, 0.4) is 0 Å². The van der Waals surface area contributed by atoms with Gasteiger partial charge in [-0.1, -0.05) is 15.9 Å². The molecule has 1 heterocycles. The molecule has 0 amide bonds. The van der Waals surface area contributed by atoms with Crippen molar-refractivity contribution in [2.24, 2.45) is 11.7 Å². The van der Waals surface area contributed by atoms with E-state index in [0.29, 0.717) is 12.0 Å². The van der Waals surface area contributed by atoms with Crippen molar-refractivity contribution in [3.63, 3.8) is 0 Å². The summed E-state index contributed by atoms with van der Waals surface area (Å²) in [5.74, 6) is 1.51. The zero-order valence-electron chi connectivity index (χ0n) is 11.2. The van der Waals surface area contributed by atoms with E-state index in [1.165, 1.54) is 11.1 Å². The predicted octanol–water partition coefficient (Wildman–Crippen LogP) is 2.72. The molecule has 2 rings (SSSR count). The number of methoxy groups -OCH3 is 1. The number of hydrogen-bond acceptors (Lipinski definition) is 3. The molecule has 1 saturated heterocycles. The lowest BCUT2D eigenvalue weighted by Gasteiger charge is -2.23. The Morgan fingerprint density at radius 1 is 1.50 bits per heavy atom. The summed E-state index contributed by atoms with van der Waals surface area (Å²) in [5.41, 5.74) is 8.44. The summed E-state index contributed by atoms with van der Waals surface area (Å²) in [5, 5.41) is 0. The lowest BCUT2D eigenvalue weighted by molar-refractivity contribution is 0.311. The third kappa shape index (κ3) is 2.56. The largest absolute Gasteiger partial charge is 0.497 e. The number of rotatable bonds is 3. The molecule has 0 saturated carbocycles. The van der Waals surface area contributed by atoms with Gasteiger partial charge >= 0.3 is 0 Å². The van der Waals surface area contributed by atoms with E-state index in [0.717, 1.165) is 29.7 Å². The van der Waals surface area contributed by atoms with Gasteiger partial charge in [0.15, 0.2) is 0 Å². The van der Waals surface area contributed by atoms with Crippen molar-refractivity contribution in [3.8, 4) is 5.75 Å². The minimum Gasteiger partial charge on any atom is -0.497 e. The van der Waals surface area contributed by atoms with Gasteiger partial charge in [-0.25, -0.2) is 0 Å². The Labute approximate surface area is 117 Å². The number of benzene rings is 1. The molecule has 1 aromatic carbocycles. The van der Waals surface area contributed by atoms with Gasteiger partial charge in [-0.2, -0.15) is 0 Å². The highest BCUT2D eigenvalue weighted by molar-refractivity contribution is 9.10. The number of likely N-dealkylation sites (tertiary alicyclic amines) is 1. The highest BCUT2D eigenvalue weighted by Gasteiger charge is 2.31. The minimum atomic E-state index is 0.449. The number of ether oxygens (including phenoxy) is 1. The van der Waals surface area contributed by atoms with Crippen LogP contribution in [-0.4, -0.2) is 32.1 Å². The van der Waals surface area contributed by atoms with Gasteiger partial charge in [0.25, 0.3) is 0 Å². The highest BCUT2D eigenvalue weighted by atomic mass is 79.9. The number of halogens is 1. The second kappa shape index (κ2) is 5.59. The Balaban J connectivity index is 2.35. The Hall–Kier alpha value is -0.580. The number of hydrogen-bond donors (Lipinski definition) is 1. The SMILES string of the molecule is COc1cc(Br)c(C)c(C2CC(CN)CN2C)c1. The quantitative estimate of drug-likeness (QED) is 0.932. The van der Waals surface area contributed by atoms with Crippen molar-refractivity contribution in [3.05, 3.63) is 27.7 Å². The van der Waals surface area contributed by atoms with Gasteiger partial charge in [0, 0.05) is 17.1 Å². The maximum Gasteiger partial charge on any atom is 0.120 e. The molecule has 2 N–H and O–H groups in total. The van der Waals surface area contributed by atoms with Gasteiger partial charge in [-0.15, -0.1) is 0 Å². The molecule has 0 radical (unpaired) electrons. The fourth-order valence-electron chi connectivity index (χ4n) is 2.78. The van der Waals surface area contributed by atoms with Crippen molar-refractivity contribution in [1.29, 1.82) is 0 Å². The second-order valence-electron chi connectivity index (χ2n) is 5.12. The summed E-state index contributed by atoms with van der Waals surface area (Å²) in [7, 11) is 3.88. The normalized spacial score (nSPS) is 24.5. The molecule has 2 unspecified atom stereocenters. The van der Waals surface area contributed by atoms with Crippen LogP contribution in [0.25, 0.3) is 0 Å². The van der Waals surface area contributed by atoms with E-state index in [1.54, 1.807) is 7.11 Å². The molecule has 0 bridgehead atoms. The van der Waals surface area contributed by atoms with Crippen molar-refractivity contribution >= 4 is 15.9 Å². The zero-order valence-corrected chi connectivity index (χ0v) is 12.8. The van der Waals surface area contributed by atoms with E-state index >= 15 is 0 Å². The van der Waals surface area contributed by atoms with E-state index in [9.17, 15) is 0 Å². The van der Waals surface area contributed by atoms with E-state index < -0.39 is 0 Å². The Bertz CT molecular complexity index is 436. The summed E-state index contributed by atoms with van der Waals surface area (Å²) < 4.78 is 6.48. The van der Waals surface area contributed by atoms with Crippen LogP contribution < -0.4 is 10.5 Å². The smallest absolute Gasteiger partial charge is 0.120 e. The van der Waals surface area contributed by atoms with Crippen LogP contribution >= 0.6 is 15.9 Å². The van der Waals surface area contributed by atoms with Crippen LogP contribution in [0.1, 0.15) is 23.6 Å². The molecular weight excluding hydrogens is 292 g/mol. The summed E-state index contributed by atoms with van der Waals surface area (Å²) in [4.78, 5) is 2.39. The summed E-state index contributed by atoms with van der Waals surface area (Å²) in [6.07, 6.45) is 1.13. The van der Waals surface area contributed by atoms with E-state index in [-0.39, 0.29) is 0 Å². The van der Waals surface area contributed by atoms with Crippen molar-refractivity contribution in [1.82, 2.24) is 4.90 Å². The highest BCUT2D eigenvalue weighted by Crippen LogP contribution is 2.39. The van der Waals surface area contributed by atoms with Gasteiger partial charge < -0.3 is 10.5 Å². The molecule has 0 spiro atoms. The van der Waals surface area contributed by atoms with E-state index in [1.807, 2.05) is 6.07 Å². The Morgan fingerprint density at radius 3 is 2.78 bits per heavy atom. The van der Waals surface area contributed by atoms with Crippen molar-refractivity contribution in [2.75, 3.05) is 27.2 Å². The van der Waals surface area contributed by atoms with Gasteiger partial charge in [-0.05, 0) is 56.1 Å². The summed E-state index contributed by atoms with van der Waals surface area (Å²) in [6.45, 7) is 4.00. The molecular formula is C14H21BrN2O. The first-order valence-corrected chi connectivity index (χ1v) is 7.10. The van der Waals surface area contributed by atoms with Crippen LogP contribution in [0, 0.1) is 12.8 Å². The standard InChI is InChI=1S/C14H21BrN2O/c1-9-12(5-11(18-3)6-13(9)15)14-4-10(7-16)8-17(14)2/h5-6,10,14H,4,7-8,16H2,1-3H3. The Morgan fingerprint density at radius 2 is 2.22 bits per heavy atom. The third-order valence-corrected chi connectivity index (χ3v) is 4.74. The molecule has 1 aliphatic heterocycles. The monoisotopic (exact) mass is 312 g/mol. The molecule has 4 heteroatoms. The van der Waals surface area contributed by atoms with Crippen LogP contribution in [0.2, 0.25) is 0 Å². The van der Waals surface area contributed by atoms with Gasteiger partial charge in [0.05, 0.1) is 7.11 Å². The first-order chi connectivity index (χ1) is 8.56. The number of nitrogens with zero attached hydrogens (tertiary/aromatic N) is 1. The van der Waals surface area contributed by atoms with Gasteiger partial charge in [0.1, 0.15) is 5.75 Å². The summed E-state index contributed by atoms with van der Waals surface area (Å²) in [6, 6.07) is 4.62. The van der Waals surface area contributed by atoms with Crippen LogP contribution in [0.4, 0.5) is 0 Å². The molecule has 1 fully saturated rings. The molecule has 3 nitrogen and oxygen atoms in total. The maximum absolute atomic E-state index is 5.80. The first kappa shape index (κ1) is 13.8. The average molecular weight is 313 g/mol. The topological polar surface area (TPSA) is 38.5 Å². The van der Waals surface area contributed by atoms with E-state index in [4.69, 9.17) is 10.5 Å². The van der Waals surface area contributed by atoms with Gasteiger partial charge in [0.2, 0.25) is 0 Å². The van der Waals surface area contributed by atoms with Crippen molar-refractivity contribution in [2.45, 2.75) is 19.4 Å². The lowest BCUT2D eigenvalue weighted by Crippen LogP contribution is -2.21. The molecule has 2 atom stereocenters. The first-order valence-electron chi connectivity index (χ1n) is 6.31. The van der Waals surface area contributed by atoms with Gasteiger partial charge in [-0.3, -0.25) is 4.90 Å². The van der Waals surface area contributed by atoms with Crippen LogP contribution in [-0.2, 0) is 0 Å². The maximum atomic E-state index is 5.80. The fourth-order valence-corrected chi connectivity index (χ4v) is 3.23. The fraction of sp³-hybridized carbons (Fsp3) is 0.571. The summed E-state index contributed by atoms with van der Waals surface area (Å²) >= 11 is 3.61. The predicted molar refractivity (Wildman–Crippen MR) is 78.0 cm³/mol. The van der Waals surface area contributed by atoms with Crippen molar-refractivity contribution < 1.29 is 4.74 Å². The molecule has 0 aliphatic carbocycles. The van der Waals surface area contributed by atoms with Crippen LogP contribution in [0.15, 0.2) is 16.6 Å². The van der Waals surface area contributed by atoms with E-state index in [2.05, 4.69) is 40.9 Å². The number of nitrogens with two attached hydrogens (primary N) is 1. The second-order valence-corrected chi connectivity index (χ2v) is 5.97. The minimum absolute atomic E-state index is 0.449. The Kier molecular flexibility index (Phi) is 4.30. The average Bonchev–Trinajstić information content (AvgIpc) is 2.74. The molecule has 18 heavy (non-hydrogen) atoms. The lowest BCUT2D eigenvalue weighted by atomic mass is 9.96. The third-order valence-electron chi connectivity index (χ3n) is 3.92. The van der Waals surface area contributed by atoms with Crippen LogP contribution in [0.5, 0.6) is 5.75 Å². The zero-order chi connectivity index (χ0) is 13.3. The molecule has 100 valence electrons. The molecule has 1 aliphatic rings. The molecule has 0 aromatic heterocycles. The molecule has 1 aromatic rings.